The summed E-state index contributed by atoms with van der Waals surface area (Å²) in [7, 11) is 0. The summed E-state index contributed by atoms with van der Waals surface area (Å²) in [5, 5.41) is -10.4. The molecule has 108 valence electrons. The fourth-order valence-electron chi connectivity index (χ4n) is 1.01. The van der Waals surface area contributed by atoms with Crippen molar-refractivity contribution in [3.63, 3.8) is 0 Å². The molecule has 0 bridgehead atoms. The average molecular weight is 324 g/mol. The number of hydrogen-bond donors (Lipinski definition) is 1. The van der Waals surface area contributed by atoms with Gasteiger partial charge in [-0.05, 0) is 36.4 Å². The van der Waals surface area contributed by atoms with Crippen LogP contribution in [-0.4, -0.2) is 19.3 Å². The minimum Gasteiger partial charge on any atom is -0.301 e. The van der Waals surface area contributed by atoms with Gasteiger partial charge in [0, 0.05) is 0 Å². The third-order valence-corrected chi connectivity index (χ3v) is 3.88. The molecule has 0 heterocycles. The SMILES string of the molecule is Cc1cc(F)c(SC(F)(F)C(F)(F)S(=O)O)cc1F. The maximum absolute atomic E-state index is 13.2. The lowest BCUT2D eigenvalue weighted by Gasteiger charge is -2.22. The van der Waals surface area contributed by atoms with Gasteiger partial charge in [0.05, 0.1) is 4.90 Å². The smallest absolute Gasteiger partial charge is 0.301 e. The van der Waals surface area contributed by atoms with E-state index in [-0.39, 0.29) is 5.56 Å². The van der Waals surface area contributed by atoms with Crippen molar-refractivity contribution in [3.05, 3.63) is 29.3 Å². The summed E-state index contributed by atoms with van der Waals surface area (Å²) in [5.41, 5.74) is -0.192. The standard InChI is InChI=1S/C9H6F6O2S2/c1-4-2-6(11)7(3-5(4)10)18-8(12,13)9(14,15)19(16)17/h2-3H,1H3,(H,16,17). The highest BCUT2D eigenvalue weighted by atomic mass is 32.2. The lowest BCUT2D eigenvalue weighted by atomic mass is 10.2. The van der Waals surface area contributed by atoms with Crippen molar-refractivity contribution in [1.82, 2.24) is 0 Å². The van der Waals surface area contributed by atoms with Crippen molar-refractivity contribution in [2.75, 3.05) is 0 Å². The molecule has 0 radical (unpaired) electrons. The van der Waals surface area contributed by atoms with Crippen LogP contribution in [0.5, 0.6) is 0 Å². The molecule has 10 heteroatoms. The van der Waals surface area contributed by atoms with E-state index in [0.717, 1.165) is 6.92 Å². The van der Waals surface area contributed by atoms with Crippen LogP contribution in [-0.2, 0) is 11.1 Å². The first-order valence-corrected chi connectivity index (χ1v) is 6.42. The van der Waals surface area contributed by atoms with E-state index in [2.05, 4.69) is 0 Å². The van der Waals surface area contributed by atoms with Gasteiger partial charge in [0.15, 0.2) is 0 Å². The zero-order valence-corrected chi connectivity index (χ0v) is 10.7. The van der Waals surface area contributed by atoms with Gasteiger partial charge < -0.3 is 4.55 Å². The Labute approximate surface area is 110 Å². The second kappa shape index (κ2) is 5.33. The van der Waals surface area contributed by atoms with E-state index in [0.29, 0.717) is 12.1 Å². The third-order valence-electron chi connectivity index (χ3n) is 2.01. The summed E-state index contributed by atoms with van der Waals surface area (Å²) in [5.74, 6) is -2.39. The minimum atomic E-state index is -5.30. The predicted molar refractivity (Wildman–Crippen MR) is 57.6 cm³/mol. The van der Waals surface area contributed by atoms with Gasteiger partial charge in [-0.3, -0.25) is 0 Å². The van der Waals surface area contributed by atoms with Crippen LogP contribution in [0.2, 0.25) is 0 Å². The van der Waals surface area contributed by atoms with Crippen molar-refractivity contribution in [3.8, 4) is 0 Å². The number of alkyl halides is 4. The Morgan fingerprint density at radius 1 is 1.16 bits per heavy atom. The normalized spacial score (nSPS) is 14.5. The first kappa shape index (κ1) is 16.3. The van der Waals surface area contributed by atoms with Crippen molar-refractivity contribution >= 4 is 22.8 Å². The predicted octanol–water partition coefficient (Wildman–Crippen LogP) is 3.77. The quantitative estimate of drug-likeness (QED) is 0.520. The Hall–Kier alpha value is -0.740. The van der Waals surface area contributed by atoms with Crippen LogP contribution in [0.4, 0.5) is 26.3 Å². The van der Waals surface area contributed by atoms with Crippen molar-refractivity contribution in [1.29, 1.82) is 0 Å². The van der Waals surface area contributed by atoms with E-state index in [1.165, 1.54) is 0 Å². The number of thioether (sulfide) groups is 1. The molecule has 1 unspecified atom stereocenters. The van der Waals surface area contributed by atoms with Crippen LogP contribution in [0.3, 0.4) is 0 Å². The summed E-state index contributed by atoms with van der Waals surface area (Å²) in [6.07, 6.45) is 0. The lowest BCUT2D eigenvalue weighted by Crippen LogP contribution is -2.41. The van der Waals surface area contributed by atoms with Gasteiger partial charge in [-0.15, -0.1) is 0 Å². The Balaban J connectivity index is 3.15. The zero-order valence-electron chi connectivity index (χ0n) is 9.09. The molecule has 1 rings (SSSR count). The summed E-state index contributed by atoms with van der Waals surface area (Å²) >= 11 is -5.18. The van der Waals surface area contributed by atoms with Crippen molar-refractivity contribution in [2.45, 2.75) is 22.3 Å². The van der Waals surface area contributed by atoms with Gasteiger partial charge in [0.25, 0.3) is 0 Å². The molecule has 0 aliphatic carbocycles. The topological polar surface area (TPSA) is 37.3 Å². The molecule has 0 aromatic heterocycles. The van der Waals surface area contributed by atoms with E-state index >= 15 is 0 Å². The fraction of sp³-hybridized carbons (Fsp3) is 0.333. The summed E-state index contributed by atoms with van der Waals surface area (Å²) in [6.45, 7) is 1.16. The molecule has 1 aromatic rings. The van der Waals surface area contributed by atoms with Crippen LogP contribution < -0.4 is 0 Å². The second-order valence-electron chi connectivity index (χ2n) is 3.42. The van der Waals surface area contributed by atoms with E-state index in [1.54, 1.807) is 0 Å². The zero-order chi connectivity index (χ0) is 15.0. The Morgan fingerprint density at radius 3 is 2.16 bits per heavy atom. The summed E-state index contributed by atoms with van der Waals surface area (Å²) in [6, 6.07) is 0.876. The molecule has 0 spiro atoms. The molecule has 0 saturated carbocycles. The van der Waals surface area contributed by atoms with Gasteiger partial charge in [0.2, 0.25) is 11.1 Å². The molecule has 1 N–H and O–H groups in total. The van der Waals surface area contributed by atoms with Crippen LogP contribution in [0.15, 0.2) is 17.0 Å². The number of rotatable bonds is 4. The van der Waals surface area contributed by atoms with Gasteiger partial charge in [-0.2, -0.15) is 17.6 Å². The van der Waals surface area contributed by atoms with Crippen LogP contribution in [0.1, 0.15) is 5.56 Å². The van der Waals surface area contributed by atoms with E-state index < -0.39 is 49.9 Å². The largest absolute Gasteiger partial charge is 0.416 e. The molecule has 1 aromatic carbocycles. The van der Waals surface area contributed by atoms with E-state index in [1.807, 2.05) is 0 Å². The highest BCUT2D eigenvalue weighted by Crippen LogP contribution is 2.48. The number of hydrogen-bond acceptors (Lipinski definition) is 2. The molecule has 0 fully saturated rings. The number of aryl methyl sites for hydroxylation is 1. The Kier molecular flexibility index (Phi) is 4.58. The van der Waals surface area contributed by atoms with Crippen molar-refractivity contribution in [2.24, 2.45) is 0 Å². The summed E-state index contributed by atoms with van der Waals surface area (Å²) in [4.78, 5) is -1.08. The molecule has 0 saturated heterocycles. The molecular formula is C9H6F6O2S2. The molecule has 1 atom stereocenters. The van der Waals surface area contributed by atoms with Crippen LogP contribution in [0.25, 0.3) is 0 Å². The average Bonchev–Trinajstić information content (AvgIpc) is 2.25. The van der Waals surface area contributed by atoms with Gasteiger partial charge in [0.1, 0.15) is 11.6 Å². The van der Waals surface area contributed by atoms with Crippen molar-refractivity contribution < 1.29 is 35.1 Å². The maximum Gasteiger partial charge on any atom is 0.416 e. The first-order valence-electron chi connectivity index (χ1n) is 4.50. The van der Waals surface area contributed by atoms with E-state index in [4.69, 9.17) is 4.55 Å². The molecule has 0 aliphatic rings. The molecule has 0 aliphatic heterocycles. The highest BCUT2D eigenvalue weighted by molar-refractivity contribution is 8.01. The van der Waals surface area contributed by atoms with Gasteiger partial charge in [-0.1, -0.05) is 0 Å². The first-order chi connectivity index (χ1) is 8.49. The van der Waals surface area contributed by atoms with E-state index in [9.17, 15) is 30.6 Å². The Bertz CT molecular complexity index is 520. The van der Waals surface area contributed by atoms with Gasteiger partial charge >= 0.3 is 10.5 Å². The third kappa shape index (κ3) is 3.23. The Morgan fingerprint density at radius 2 is 1.68 bits per heavy atom. The van der Waals surface area contributed by atoms with Gasteiger partial charge in [-0.25, -0.2) is 13.0 Å². The number of halogens is 6. The summed E-state index contributed by atoms with van der Waals surface area (Å²) < 4.78 is 96.4. The van der Waals surface area contributed by atoms with Crippen LogP contribution in [0, 0.1) is 18.6 Å². The second-order valence-corrected chi connectivity index (χ2v) is 5.58. The lowest BCUT2D eigenvalue weighted by molar-refractivity contribution is -0.0907. The van der Waals surface area contributed by atoms with Crippen LogP contribution >= 0.6 is 11.8 Å². The molecule has 2 nitrogen and oxygen atoms in total. The highest BCUT2D eigenvalue weighted by Gasteiger charge is 2.62. The monoisotopic (exact) mass is 324 g/mol. The maximum atomic E-state index is 13.2. The minimum absolute atomic E-state index is 0.192. The molecule has 0 amide bonds. The fourth-order valence-corrected chi connectivity index (χ4v) is 2.26. The molecule has 19 heavy (non-hydrogen) atoms. The number of benzene rings is 1. The molecular weight excluding hydrogens is 318 g/mol.